The molecule has 7 heteroatoms. The zero-order valence-electron chi connectivity index (χ0n) is 18.1. The Morgan fingerprint density at radius 1 is 1.09 bits per heavy atom. The second-order valence-electron chi connectivity index (χ2n) is 7.69. The minimum Gasteiger partial charge on any atom is -0.507 e. The van der Waals surface area contributed by atoms with Gasteiger partial charge in [-0.05, 0) is 84.2 Å². The number of rotatable bonds is 4. The first kappa shape index (κ1) is 21.9. The Labute approximate surface area is 194 Å². The number of aryl methyl sites for hydroxylation is 2. The Kier molecular flexibility index (Phi) is 5.69. The Hall–Kier alpha value is -3.32. The highest BCUT2D eigenvalue weighted by molar-refractivity contribution is 9.10. The first-order valence-electron chi connectivity index (χ1n) is 10.0. The molecule has 2 heterocycles. The number of Topliss-reactive ketones (excluding diaryl/α,β-unsaturated/α-hetero) is 1. The number of aliphatic hydroxyl groups excluding tert-OH is 1. The van der Waals surface area contributed by atoms with Crippen LogP contribution in [0, 0.1) is 20.8 Å². The van der Waals surface area contributed by atoms with Crippen molar-refractivity contribution >= 4 is 39.1 Å². The van der Waals surface area contributed by atoms with E-state index in [0.717, 1.165) is 11.1 Å². The molecule has 0 radical (unpaired) electrons. The van der Waals surface area contributed by atoms with Crippen LogP contribution in [-0.2, 0) is 9.59 Å². The van der Waals surface area contributed by atoms with Crippen LogP contribution in [0.15, 0.2) is 63.0 Å². The molecule has 0 spiro atoms. The molecule has 1 aliphatic heterocycles. The average molecular weight is 496 g/mol. The maximum atomic E-state index is 13.2. The van der Waals surface area contributed by atoms with E-state index in [1.54, 1.807) is 43.3 Å². The first-order valence-corrected chi connectivity index (χ1v) is 10.8. The van der Waals surface area contributed by atoms with Gasteiger partial charge in [0, 0.05) is 11.3 Å². The minimum absolute atomic E-state index is 0.0256. The molecule has 1 fully saturated rings. The minimum atomic E-state index is -0.898. The molecular weight excluding hydrogens is 474 g/mol. The maximum Gasteiger partial charge on any atom is 0.300 e. The molecule has 1 amide bonds. The van der Waals surface area contributed by atoms with E-state index in [4.69, 9.17) is 9.15 Å². The molecule has 1 unspecified atom stereocenters. The van der Waals surface area contributed by atoms with Gasteiger partial charge in [-0.2, -0.15) is 0 Å². The van der Waals surface area contributed by atoms with Crippen molar-refractivity contribution in [2.75, 3.05) is 12.0 Å². The summed E-state index contributed by atoms with van der Waals surface area (Å²) in [6, 6.07) is 13.1. The number of benzene rings is 2. The molecule has 164 valence electrons. The van der Waals surface area contributed by atoms with Gasteiger partial charge in [0.25, 0.3) is 11.7 Å². The van der Waals surface area contributed by atoms with Gasteiger partial charge in [-0.15, -0.1) is 0 Å². The van der Waals surface area contributed by atoms with Gasteiger partial charge in [0.1, 0.15) is 29.1 Å². The summed E-state index contributed by atoms with van der Waals surface area (Å²) in [5, 5.41) is 11.2. The molecule has 4 rings (SSSR count). The number of methoxy groups -OCH3 is 1. The van der Waals surface area contributed by atoms with Gasteiger partial charge in [-0.25, -0.2) is 0 Å². The fourth-order valence-corrected chi connectivity index (χ4v) is 4.46. The zero-order chi connectivity index (χ0) is 23.2. The van der Waals surface area contributed by atoms with Crippen molar-refractivity contribution in [3.63, 3.8) is 0 Å². The third-order valence-electron chi connectivity index (χ3n) is 5.74. The Morgan fingerprint density at radius 2 is 1.84 bits per heavy atom. The van der Waals surface area contributed by atoms with Crippen molar-refractivity contribution in [2.45, 2.75) is 26.8 Å². The van der Waals surface area contributed by atoms with Gasteiger partial charge >= 0.3 is 0 Å². The number of amides is 1. The van der Waals surface area contributed by atoms with Crippen LogP contribution in [0.4, 0.5) is 5.69 Å². The molecule has 1 atom stereocenters. The number of furan rings is 1. The maximum absolute atomic E-state index is 13.2. The number of anilines is 1. The van der Waals surface area contributed by atoms with E-state index in [0.29, 0.717) is 33.0 Å². The molecule has 0 saturated carbocycles. The first-order chi connectivity index (χ1) is 15.2. The van der Waals surface area contributed by atoms with E-state index < -0.39 is 17.7 Å². The van der Waals surface area contributed by atoms with Crippen molar-refractivity contribution in [1.29, 1.82) is 0 Å². The number of nitrogens with zero attached hydrogens (tertiary/aromatic N) is 1. The monoisotopic (exact) mass is 495 g/mol. The van der Waals surface area contributed by atoms with E-state index in [2.05, 4.69) is 15.9 Å². The van der Waals surface area contributed by atoms with Crippen LogP contribution in [0.2, 0.25) is 0 Å². The summed E-state index contributed by atoms with van der Waals surface area (Å²) in [5.41, 5.74) is 2.81. The lowest BCUT2D eigenvalue weighted by Crippen LogP contribution is -2.30. The fraction of sp³-hybridized carbons (Fsp3) is 0.200. The SMILES string of the molecule is COc1ccc(/C(O)=C2/C(=O)C(=O)N(c3cccc(C)c3C)C2c2ccc(C)o2)cc1Br. The predicted octanol–water partition coefficient (Wildman–Crippen LogP) is 5.60. The number of aliphatic hydroxyl groups is 1. The lowest BCUT2D eigenvalue weighted by molar-refractivity contribution is -0.132. The van der Waals surface area contributed by atoms with E-state index >= 15 is 0 Å². The normalized spacial score (nSPS) is 17.8. The van der Waals surface area contributed by atoms with E-state index in [1.165, 1.54) is 12.0 Å². The van der Waals surface area contributed by atoms with Gasteiger partial charge in [0.15, 0.2) is 0 Å². The van der Waals surface area contributed by atoms with Gasteiger partial charge in [-0.3, -0.25) is 14.5 Å². The topological polar surface area (TPSA) is 80.0 Å². The summed E-state index contributed by atoms with van der Waals surface area (Å²) < 4.78 is 11.7. The summed E-state index contributed by atoms with van der Waals surface area (Å²) in [7, 11) is 1.54. The summed E-state index contributed by atoms with van der Waals surface area (Å²) in [6.45, 7) is 5.62. The number of carbonyl (C=O) groups excluding carboxylic acids is 2. The molecule has 1 saturated heterocycles. The Balaban J connectivity index is 1.96. The Morgan fingerprint density at radius 3 is 2.47 bits per heavy atom. The third-order valence-corrected chi connectivity index (χ3v) is 6.36. The molecule has 1 aliphatic rings. The van der Waals surface area contributed by atoms with Crippen LogP contribution in [0.5, 0.6) is 5.75 Å². The largest absolute Gasteiger partial charge is 0.507 e. The molecule has 6 nitrogen and oxygen atoms in total. The summed E-state index contributed by atoms with van der Waals surface area (Å²) in [5.74, 6) is -0.147. The molecule has 0 aliphatic carbocycles. The van der Waals surface area contributed by atoms with Crippen LogP contribution in [0.1, 0.15) is 34.3 Å². The van der Waals surface area contributed by atoms with E-state index in [1.807, 2.05) is 26.0 Å². The smallest absolute Gasteiger partial charge is 0.300 e. The fourth-order valence-electron chi connectivity index (χ4n) is 3.92. The highest BCUT2D eigenvalue weighted by Crippen LogP contribution is 2.44. The van der Waals surface area contributed by atoms with E-state index in [9.17, 15) is 14.7 Å². The molecular formula is C25H22BrNO5. The lowest BCUT2D eigenvalue weighted by Gasteiger charge is -2.25. The van der Waals surface area contributed by atoms with Crippen molar-refractivity contribution in [3.8, 4) is 5.75 Å². The molecule has 2 aromatic carbocycles. The average Bonchev–Trinajstić information content (AvgIpc) is 3.30. The van der Waals surface area contributed by atoms with Crippen molar-refractivity contribution in [1.82, 2.24) is 0 Å². The van der Waals surface area contributed by atoms with Gasteiger partial charge in [0.2, 0.25) is 0 Å². The zero-order valence-corrected chi connectivity index (χ0v) is 19.7. The van der Waals surface area contributed by atoms with Crippen molar-refractivity contribution in [3.05, 3.63) is 86.8 Å². The number of ether oxygens (including phenoxy) is 1. The molecule has 0 bridgehead atoms. The summed E-state index contributed by atoms with van der Waals surface area (Å²) in [4.78, 5) is 27.9. The van der Waals surface area contributed by atoms with Crippen molar-refractivity contribution in [2.24, 2.45) is 0 Å². The number of ketones is 1. The molecule has 32 heavy (non-hydrogen) atoms. The molecule has 1 aromatic heterocycles. The third kappa shape index (κ3) is 3.52. The van der Waals surface area contributed by atoms with Crippen molar-refractivity contribution < 1.29 is 23.8 Å². The van der Waals surface area contributed by atoms with E-state index in [-0.39, 0.29) is 11.3 Å². The predicted molar refractivity (Wildman–Crippen MR) is 125 cm³/mol. The summed E-state index contributed by atoms with van der Waals surface area (Å²) >= 11 is 3.40. The number of hydrogen-bond acceptors (Lipinski definition) is 5. The highest BCUT2D eigenvalue weighted by Gasteiger charge is 2.48. The number of halogens is 1. The van der Waals surface area contributed by atoms with Crippen LogP contribution in [-0.4, -0.2) is 23.9 Å². The Bertz CT molecular complexity index is 1270. The van der Waals surface area contributed by atoms with Crippen LogP contribution in [0.3, 0.4) is 0 Å². The van der Waals surface area contributed by atoms with Gasteiger partial charge in [0.05, 0.1) is 17.2 Å². The van der Waals surface area contributed by atoms with Gasteiger partial charge < -0.3 is 14.3 Å². The standard InChI is InChI=1S/C25H22BrNO5/c1-13-6-5-7-18(15(13)3)27-22(20-10-8-14(2)32-20)21(24(29)25(27)30)23(28)16-9-11-19(31-4)17(26)12-16/h5-12,22,28H,1-4H3/b23-21-. The van der Waals surface area contributed by atoms with Gasteiger partial charge in [-0.1, -0.05) is 12.1 Å². The molecule has 3 aromatic rings. The quantitative estimate of drug-likeness (QED) is 0.289. The van der Waals surface area contributed by atoms with Crippen LogP contribution < -0.4 is 9.64 Å². The number of carbonyl (C=O) groups is 2. The second kappa shape index (κ2) is 8.31. The lowest BCUT2D eigenvalue weighted by atomic mass is 9.98. The van der Waals surface area contributed by atoms with Crippen LogP contribution >= 0.6 is 15.9 Å². The summed E-state index contributed by atoms with van der Waals surface area (Å²) in [6.07, 6.45) is 0. The second-order valence-corrected chi connectivity index (χ2v) is 8.54. The highest BCUT2D eigenvalue weighted by atomic mass is 79.9. The molecule has 1 N–H and O–H groups in total. The number of hydrogen-bond donors (Lipinski definition) is 1. The van der Waals surface area contributed by atoms with Crippen LogP contribution in [0.25, 0.3) is 5.76 Å².